The average molecular weight is 228 g/mol. The number of hydrogen-bond donors (Lipinski definition) is 1. The van der Waals surface area contributed by atoms with Crippen LogP contribution in [0.3, 0.4) is 0 Å². The Morgan fingerprint density at radius 3 is 2.75 bits per heavy atom. The van der Waals surface area contributed by atoms with Crippen LogP contribution in [-0.2, 0) is 4.74 Å². The number of amides is 1. The molecule has 1 heterocycles. The summed E-state index contributed by atoms with van der Waals surface area (Å²) in [5.74, 6) is 0. The highest BCUT2D eigenvalue weighted by Crippen LogP contribution is 2.12. The maximum atomic E-state index is 11.9. The summed E-state index contributed by atoms with van der Waals surface area (Å²) in [5.41, 5.74) is -0.404. The van der Waals surface area contributed by atoms with E-state index in [9.17, 15) is 4.79 Å². The summed E-state index contributed by atoms with van der Waals surface area (Å²) in [7, 11) is 0. The maximum Gasteiger partial charge on any atom is 0.410 e. The molecule has 4 heteroatoms. The molecule has 0 unspecified atom stereocenters. The van der Waals surface area contributed by atoms with Crippen LogP contribution < -0.4 is 5.32 Å². The monoisotopic (exact) mass is 228 g/mol. The van der Waals surface area contributed by atoms with E-state index in [1.54, 1.807) is 0 Å². The van der Waals surface area contributed by atoms with Crippen LogP contribution in [0.2, 0.25) is 0 Å². The maximum absolute atomic E-state index is 11.9. The van der Waals surface area contributed by atoms with Crippen LogP contribution >= 0.6 is 0 Å². The molecule has 1 amide bonds. The van der Waals surface area contributed by atoms with Crippen molar-refractivity contribution < 1.29 is 9.53 Å². The lowest BCUT2D eigenvalue weighted by molar-refractivity contribution is 0.0247. The summed E-state index contributed by atoms with van der Waals surface area (Å²) >= 11 is 0. The molecule has 1 atom stereocenters. The summed E-state index contributed by atoms with van der Waals surface area (Å²) in [6.45, 7) is 10.4. The Balaban J connectivity index is 2.53. The second-order valence-electron chi connectivity index (χ2n) is 5.34. The molecule has 1 rings (SSSR count). The van der Waals surface area contributed by atoms with Crippen LogP contribution in [0, 0.1) is 0 Å². The molecule has 16 heavy (non-hydrogen) atoms. The highest BCUT2D eigenvalue weighted by atomic mass is 16.6. The minimum atomic E-state index is -0.404. The Morgan fingerprint density at radius 2 is 2.19 bits per heavy atom. The first-order chi connectivity index (χ1) is 7.42. The lowest BCUT2D eigenvalue weighted by Crippen LogP contribution is -2.42. The zero-order valence-electron chi connectivity index (χ0n) is 10.9. The molecule has 1 saturated heterocycles. The van der Waals surface area contributed by atoms with Crippen LogP contribution in [0.1, 0.15) is 40.5 Å². The van der Waals surface area contributed by atoms with Gasteiger partial charge in [0, 0.05) is 19.1 Å². The third-order valence-corrected chi connectivity index (χ3v) is 2.62. The predicted octanol–water partition coefficient (Wildman–Crippen LogP) is 2.00. The fourth-order valence-electron chi connectivity index (χ4n) is 1.76. The first kappa shape index (κ1) is 13.3. The second-order valence-corrected chi connectivity index (χ2v) is 5.34. The van der Waals surface area contributed by atoms with Gasteiger partial charge in [0.1, 0.15) is 5.60 Å². The van der Waals surface area contributed by atoms with Crippen LogP contribution in [0.4, 0.5) is 4.79 Å². The third kappa shape index (κ3) is 4.39. The average Bonchev–Trinajstić information content (AvgIpc) is 2.39. The molecule has 1 N–H and O–H groups in total. The van der Waals surface area contributed by atoms with Crippen LogP contribution in [0.5, 0.6) is 0 Å². The Labute approximate surface area is 98.3 Å². The normalized spacial score (nSPS) is 22.8. The zero-order chi connectivity index (χ0) is 12.2. The quantitative estimate of drug-likeness (QED) is 0.746. The number of carbonyl (C=O) groups is 1. The molecule has 1 fully saturated rings. The smallest absolute Gasteiger partial charge is 0.410 e. The minimum absolute atomic E-state index is 0.186. The Kier molecular flexibility index (Phi) is 4.59. The first-order valence-corrected chi connectivity index (χ1v) is 6.13. The van der Waals surface area contributed by atoms with Gasteiger partial charge in [0.25, 0.3) is 0 Å². The van der Waals surface area contributed by atoms with E-state index in [4.69, 9.17) is 4.74 Å². The van der Waals surface area contributed by atoms with Gasteiger partial charge in [-0.15, -0.1) is 0 Å². The van der Waals surface area contributed by atoms with E-state index in [1.165, 1.54) is 0 Å². The molecule has 0 radical (unpaired) electrons. The molecule has 0 spiro atoms. The number of rotatable bonds is 1. The largest absolute Gasteiger partial charge is 0.444 e. The molecule has 4 nitrogen and oxygen atoms in total. The number of nitrogens with zero attached hydrogens (tertiary/aromatic N) is 1. The van der Waals surface area contributed by atoms with Crippen LogP contribution in [-0.4, -0.2) is 42.3 Å². The molecule has 0 bridgehead atoms. The summed E-state index contributed by atoms with van der Waals surface area (Å²) in [6.07, 6.45) is 1.85. The van der Waals surface area contributed by atoms with Crippen molar-refractivity contribution in [2.75, 3.05) is 19.6 Å². The van der Waals surface area contributed by atoms with Crippen molar-refractivity contribution in [2.24, 2.45) is 0 Å². The molecular weight excluding hydrogens is 204 g/mol. The van der Waals surface area contributed by atoms with Gasteiger partial charge >= 0.3 is 6.09 Å². The van der Waals surface area contributed by atoms with Crippen molar-refractivity contribution in [3.8, 4) is 0 Å². The van der Waals surface area contributed by atoms with E-state index in [1.807, 2.05) is 25.7 Å². The van der Waals surface area contributed by atoms with Gasteiger partial charge in [-0.3, -0.25) is 0 Å². The SMILES string of the molecule is CC[C@H]1CN(C(=O)OC(C)(C)C)CCCN1. The first-order valence-electron chi connectivity index (χ1n) is 6.13. The molecule has 0 saturated carbocycles. The van der Waals surface area contributed by atoms with Crippen molar-refractivity contribution in [1.82, 2.24) is 10.2 Å². The highest BCUT2D eigenvalue weighted by molar-refractivity contribution is 5.68. The molecule has 0 aromatic heterocycles. The van der Waals surface area contributed by atoms with Crippen molar-refractivity contribution in [1.29, 1.82) is 0 Å². The molecule has 1 aliphatic rings. The van der Waals surface area contributed by atoms with Crippen molar-refractivity contribution >= 4 is 6.09 Å². The number of ether oxygens (including phenoxy) is 1. The molecule has 0 aliphatic carbocycles. The Morgan fingerprint density at radius 1 is 1.50 bits per heavy atom. The van der Waals surface area contributed by atoms with Gasteiger partial charge in [-0.1, -0.05) is 6.92 Å². The van der Waals surface area contributed by atoms with Crippen molar-refractivity contribution in [3.63, 3.8) is 0 Å². The fourth-order valence-corrected chi connectivity index (χ4v) is 1.76. The third-order valence-electron chi connectivity index (χ3n) is 2.62. The summed E-state index contributed by atoms with van der Waals surface area (Å²) in [5, 5.41) is 3.43. The van der Waals surface area contributed by atoms with E-state index in [0.29, 0.717) is 6.04 Å². The number of nitrogens with one attached hydrogen (secondary N) is 1. The minimum Gasteiger partial charge on any atom is -0.444 e. The molecule has 94 valence electrons. The van der Waals surface area contributed by atoms with E-state index in [2.05, 4.69) is 12.2 Å². The van der Waals surface area contributed by atoms with Gasteiger partial charge in [-0.05, 0) is 40.2 Å². The topological polar surface area (TPSA) is 41.6 Å². The lowest BCUT2D eigenvalue weighted by atomic mass is 10.2. The zero-order valence-corrected chi connectivity index (χ0v) is 10.9. The van der Waals surface area contributed by atoms with E-state index < -0.39 is 5.60 Å². The van der Waals surface area contributed by atoms with Gasteiger partial charge in [0.05, 0.1) is 0 Å². The van der Waals surface area contributed by atoms with Gasteiger partial charge < -0.3 is 15.0 Å². The lowest BCUT2D eigenvalue weighted by Gasteiger charge is -2.28. The van der Waals surface area contributed by atoms with Gasteiger partial charge in [-0.2, -0.15) is 0 Å². The molecule has 0 aromatic carbocycles. The van der Waals surface area contributed by atoms with Gasteiger partial charge in [-0.25, -0.2) is 4.79 Å². The fraction of sp³-hybridized carbons (Fsp3) is 0.917. The summed E-state index contributed by atoms with van der Waals surface area (Å²) < 4.78 is 5.38. The van der Waals surface area contributed by atoms with Crippen molar-refractivity contribution in [3.05, 3.63) is 0 Å². The van der Waals surface area contributed by atoms with Crippen LogP contribution in [0.25, 0.3) is 0 Å². The predicted molar refractivity (Wildman–Crippen MR) is 64.5 cm³/mol. The van der Waals surface area contributed by atoms with E-state index >= 15 is 0 Å². The number of carbonyl (C=O) groups excluding carboxylic acids is 1. The molecule has 0 aromatic rings. The number of hydrogen-bond acceptors (Lipinski definition) is 3. The summed E-state index contributed by atoms with van der Waals surface area (Å²) in [6, 6.07) is 0.398. The van der Waals surface area contributed by atoms with Crippen LogP contribution in [0.15, 0.2) is 0 Å². The Hall–Kier alpha value is -0.770. The van der Waals surface area contributed by atoms with Gasteiger partial charge in [0.2, 0.25) is 0 Å². The molecule has 1 aliphatic heterocycles. The Bertz CT molecular complexity index is 236. The molecular formula is C12H24N2O2. The second kappa shape index (κ2) is 5.53. The van der Waals surface area contributed by atoms with E-state index in [-0.39, 0.29) is 6.09 Å². The van der Waals surface area contributed by atoms with E-state index in [0.717, 1.165) is 32.5 Å². The van der Waals surface area contributed by atoms with Gasteiger partial charge in [0.15, 0.2) is 0 Å². The van der Waals surface area contributed by atoms with Crippen molar-refractivity contribution in [2.45, 2.75) is 52.2 Å². The highest BCUT2D eigenvalue weighted by Gasteiger charge is 2.25. The summed E-state index contributed by atoms with van der Waals surface area (Å²) in [4.78, 5) is 13.7. The standard InChI is InChI=1S/C12H24N2O2/c1-5-10-9-14(8-6-7-13-10)11(15)16-12(2,3)4/h10,13H,5-9H2,1-4H3/t10-/m0/s1.